The van der Waals surface area contributed by atoms with Crippen LogP contribution >= 0.6 is 0 Å². The SMILES string of the molecule is c1ccc(-c2nc(-c3ccc4c(-c5ccccc5)c5ccccc5c(-c5ccc(-c6nc7ccccc7n6-c6ccccc6)cc5)c4c3)nc3ccccc23)cc1. The fraction of sp³-hybridized carbons (Fsp3) is 0. The lowest BCUT2D eigenvalue weighted by molar-refractivity contribution is 1.10. The number of fused-ring (bicyclic) bond motifs is 4. The first kappa shape index (κ1) is 32.7. The minimum Gasteiger partial charge on any atom is -0.292 e. The van der Waals surface area contributed by atoms with Crippen molar-refractivity contribution in [1.29, 1.82) is 0 Å². The van der Waals surface area contributed by atoms with Crippen molar-refractivity contribution in [2.45, 2.75) is 0 Å². The van der Waals surface area contributed by atoms with Gasteiger partial charge in [-0.05, 0) is 80.2 Å². The Labute approximate surface area is 330 Å². The summed E-state index contributed by atoms with van der Waals surface area (Å²) >= 11 is 0. The minimum atomic E-state index is 0.699. The van der Waals surface area contributed by atoms with Crippen molar-refractivity contribution in [2.24, 2.45) is 0 Å². The van der Waals surface area contributed by atoms with E-state index in [0.29, 0.717) is 5.82 Å². The Morgan fingerprint density at radius 2 is 0.825 bits per heavy atom. The van der Waals surface area contributed by atoms with Crippen molar-refractivity contribution < 1.29 is 0 Å². The first-order valence-corrected chi connectivity index (χ1v) is 19.3. The summed E-state index contributed by atoms with van der Waals surface area (Å²) in [7, 11) is 0. The van der Waals surface area contributed by atoms with Gasteiger partial charge in [0, 0.05) is 27.8 Å². The molecule has 57 heavy (non-hydrogen) atoms. The average Bonchev–Trinajstić information content (AvgIpc) is 3.68. The Morgan fingerprint density at radius 3 is 1.54 bits per heavy atom. The second-order valence-corrected chi connectivity index (χ2v) is 14.4. The summed E-state index contributed by atoms with van der Waals surface area (Å²) in [5.41, 5.74) is 12.8. The largest absolute Gasteiger partial charge is 0.292 e. The summed E-state index contributed by atoms with van der Waals surface area (Å²) in [6.45, 7) is 0. The standard InChI is InChI=1S/C53H34N4/c1-4-16-35(17-5-1)49-41-22-10-11-23-42(41)50(36-28-30-38(31-29-36)53-55-47-26-14-15-27-48(47)57(53)40-20-8-3-9-21-40)45-34-39(32-33-43(45)49)52-54-46-25-13-12-24-44(46)51(56-52)37-18-6-2-7-19-37/h1-34H. The summed E-state index contributed by atoms with van der Waals surface area (Å²) in [4.78, 5) is 15.6. The fourth-order valence-electron chi connectivity index (χ4n) is 8.41. The van der Waals surface area contributed by atoms with Crippen LogP contribution in [0.1, 0.15) is 0 Å². The van der Waals surface area contributed by atoms with Gasteiger partial charge in [-0.25, -0.2) is 15.0 Å². The second-order valence-electron chi connectivity index (χ2n) is 14.4. The van der Waals surface area contributed by atoms with Gasteiger partial charge in [-0.1, -0.05) is 170 Å². The molecule has 2 aromatic heterocycles. The lowest BCUT2D eigenvalue weighted by Gasteiger charge is -2.19. The van der Waals surface area contributed by atoms with E-state index in [1.807, 2.05) is 18.2 Å². The molecule has 0 radical (unpaired) electrons. The van der Waals surface area contributed by atoms with E-state index in [1.54, 1.807) is 0 Å². The van der Waals surface area contributed by atoms with Crippen molar-refractivity contribution in [3.63, 3.8) is 0 Å². The molecule has 0 unspecified atom stereocenters. The van der Waals surface area contributed by atoms with Gasteiger partial charge >= 0.3 is 0 Å². The third kappa shape index (κ3) is 5.58. The van der Waals surface area contributed by atoms with Gasteiger partial charge in [0.2, 0.25) is 0 Å². The fourth-order valence-corrected chi connectivity index (χ4v) is 8.41. The first-order valence-electron chi connectivity index (χ1n) is 19.3. The van der Waals surface area contributed by atoms with E-state index in [-0.39, 0.29) is 0 Å². The molecule has 4 heteroatoms. The molecule has 0 aliphatic rings. The molecule has 0 spiro atoms. The number of para-hydroxylation sites is 4. The van der Waals surface area contributed by atoms with Crippen LogP contribution < -0.4 is 0 Å². The molecule has 4 nitrogen and oxygen atoms in total. The normalized spacial score (nSPS) is 11.5. The van der Waals surface area contributed by atoms with E-state index in [0.717, 1.165) is 66.8 Å². The third-order valence-electron chi connectivity index (χ3n) is 11.0. The summed E-state index contributed by atoms with van der Waals surface area (Å²) in [5, 5.41) is 5.76. The molecule has 2 heterocycles. The van der Waals surface area contributed by atoms with E-state index in [4.69, 9.17) is 15.0 Å². The molecule has 11 aromatic rings. The monoisotopic (exact) mass is 726 g/mol. The molecule has 0 saturated heterocycles. The highest BCUT2D eigenvalue weighted by atomic mass is 15.1. The van der Waals surface area contributed by atoms with Crippen LogP contribution in [0.3, 0.4) is 0 Å². The average molecular weight is 727 g/mol. The number of rotatable bonds is 6. The molecule has 0 N–H and O–H groups in total. The number of imidazole rings is 1. The molecule has 0 bridgehead atoms. The molecule has 9 aromatic carbocycles. The van der Waals surface area contributed by atoms with Crippen LogP contribution in [0.5, 0.6) is 0 Å². The van der Waals surface area contributed by atoms with E-state index < -0.39 is 0 Å². The summed E-state index contributed by atoms with van der Waals surface area (Å²) in [6, 6.07) is 72.7. The van der Waals surface area contributed by atoms with Crippen LogP contribution in [-0.2, 0) is 0 Å². The number of nitrogens with zero attached hydrogens (tertiary/aromatic N) is 4. The van der Waals surface area contributed by atoms with Gasteiger partial charge in [-0.15, -0.1) is 0 Å². The van der Waals surface area contributed by atoms with Crippen molar-refractivity contribution in [3.8, 4) is 62.0 Å². The van der Waals surface area contributed by atoms with Gasteiger partial charge in [-0.2, -0.15) is 0 Å². The maximum atomic E-state index is 5.27. The molecule has 0 amide bonds. The van der Waals surface area contributed by atoms with Crippen molar-refractivity contribution in [3.05, 3.63) is 206 Å². The highest BCUT2D eigenvalue weighted by molar-refractivity contribution is 6.22. The zero-order valence-corrected chi connectivity index (χ0v) is 30.9. The predicted molar refractivity (Wildman–Crippen MR) is 236 cm³/mol. The van der Waals surface area contributed by atoms with Crippen LogP contribution in [0.2, 0.25) is 0 Å². The quantitative estimate of drug-likeness (QED) is 0.160. The van der Waals surface area contributed by atoms with E-state index in [9.17, 15) is 0 Å². The summed E-state index contributed by atoms with van der Waals surface area (Å²) < 4.78 is 2.25. The van der Waals surface area contributed by atoms with E-state index in [1.165, 1.54) is 32.8 Å². The third-order valence-corrected chi connectivity index (χ3v) is 11.0. The predicted octanol–water partition coefficient (Wildman–Crippen LogP) is 13.6. The Morgan fingerprint density at radius 1 is 0.316 bits per heavy atom. The first-order chi connectivity index (χ1) is 28.3. The Bertz CT molecular complexity index is 3260. The highest BCUT2D eigenvalue weighted by Gasteiger charge is 2.20. The molecule has 0 aliphatic heterocycles. The second kappa shape index (κ2) is 13.6. The zero-order valence-electron chi connectivity index (χ0n) is 30.9. The molecule has 0 saturated carbocycles. The zero-order chi connectivity index (χ0) is 37.7. The molecular weight excluding hydrogens is 693 g/mol. The van der Waals surface area contributed by atoms with Gasteiger partial charge in [0.25, 0.3) is 0 Å². The van der Waals surface area contributed by atoms with Crippen LogP contribution in [0.15, 0.2) is 206 Å². The lowest BCUT2D eigenvalue weighted by atomic mass is 9.85. The van der Waals surface area contributed by atoms with Gasteiger partial charge in [0.05, 0.1) is 22.2 Å². The van der Waals surface area contributed by atoms with Crippen LogP contribution in [0.4, 0.5) is 0 Å². The van der Waals surface area contributed by atoms with Gasteiger partial charge in [-0.3, -0.25) is 4.57 Å². The molecule has 0 aliphatic carbocycles. The number of aromatic nitrogens is 4. The van der Waals surface area contributed by atoms with Crippen LogP contribution in [-0.4, -0.2) is 19.5 Å². The molecule has 0 fully saturated rings. The minimum absolute atomic E-state index is 0.699. The van der Waals surface area contributed by atoms with E-state index in [2.05, 4.69) is 193 Å². The van der Waals surface area contributed by atoms with Gasteiger partial charge in [0.15, 0.2) is 5.82 Å². The van der Waals surface area contributed by atoms with Crippen molar-refractivity contribution >= 4 is 43.5 Å². The summed E-state index contributed by atoms with van der Waals surface area (Å²) in [6.07, 6.45) is 0. The van der Waals surface area contributed by atoms with Crippen LogP contribution in [0.25, 0.3) is 105 Å². The molecule has 0 atom stereocenters. The maximum Gasteiger partial charge on any atom is 0.160 e. The molecular formula is C53H34N4. The molecule has 266 valence electrons. The van der Waals surface area contributed by atoms with Gasteiger partial charge in [0.1, 0.15) is 5.82 Å². The number of hydrogen-bond acceptors (Lipinski definition) is 3. The van der Waals surface area contributed by atoms with Gasteiger partial charge < -0.3 is 0 Å². The van der Waals surface area contributed by atoms with E-state index >= 15 is 0 Å². The van der Waals surface area contributed by atoms with Crippen LogP contribution in [0, 0.1) is 0 Å². The Balaban J connectivity index is 1.15. The topological polar surface area (TPSA) is 43.6 Å². The lowest BCUT2D eigenvalue weighted by Crippen LogP contribution is -1.97. The number of benzene rings is 9. The smallest absolute Gasteiger partial charge is 0.160 e. The Hall–Kier alpha value is -7.69. The summed E-state index contributed by atoms with van der Waals surface area (Å²) in [5.74, 6) is 1.61. The van der Waals surface area contributed by atoms with Crippen molar-refractivity contribution in [1.82, 2.24) is 19.5 Å². The van der Waals surface area contributed by atoms with Crippen molar-refractivity contribution in [2.75, 3.05) is 0 Å². The highest BCUT2D eigenvalue weighted by Crippen LogP contribution is 2.45. The maximum absolute atomic E-state index is 5.27. The number of hydrogen-bond donors (Lipinski definition) is 0. The Kier molecular flexibility index (Phi) is 7.78. The molecule has 11 rings (SSSR count).